The summed E-state index contributed by atoms with van der Waals surface area (Å²) in [6, 6.07) is 10.6. The number of carbonyl (C=O) groups is 1. The molecule has 0 aliphatic rings. The van der Waals surface area contributed by atoms with Crippen molar-refractivity contribution in [1.29, 1.82) is 0 Å². The molecule has 1 N–H and O–H groups in total. The maximum atomic E-state index is 12.1. The van der Waals surface area contributed by atoms with Crippen LogP contribution < -0.4 is 14.8 Å². The molecule has 0 saturated carbocycles. The molecule has 0 unspecified atom stereocenters. The molecule has 0 aromatic heterocycles. The van der Waals surface area contributed by atoms with E-state index in [0.717, 1.165) is 0 Å². The summed E-state index contributed by atoms with van der Waals surface area (Å²) in [5.74, 6) is -0.251. The van der Waals surface area contributed by atoms with Crippen LogP contribution in [0.2, 0.25) is 10.0 Å². The van der Waals surface area contributed by atoms with Crippen LogP contribution in [0.4, 0.5) is 14.5 Å². The van der Waals surface area contributed by atoms with E-state index in [1.807, 2.05) is 0 Å². The van der Waals surface area contributed by atoms with Crippen LogP contribution >= 0.6 is 23.2 Å². The van der Waals surface area contributed by atoms with Crippen molar-refractivity contribution in [2.45, 2.75) is 6.61 Å². The van der Waals surface area contributed by atoms with Gasteiger partial charge in [0.05, 0.1) is 10.0 Å². The number of halogens is 4. The molecule has 0 radical (unpaired) electrons. The summed E-state index contributed by atoms with van der Waals surface area (Å²) in [6.45, 7) is -3.24. The number of anilines is 1. The number of amides is 1. The second-order valence-corrected chi connectivity index (χ2v) is 5.11. The molecular formula is C15H11Cl2F2NO3. The molecule has 0 fully saturated rings. The number of hydrogen-bond acceptors (Lipinski definition) is 3. The van der Waals surface area contributed by atoms with Crippen LogP contribution in [0.5, 0.6) is 11.5 Å². The average Bonchev–Trinajstić information content (AvgIpc) is 2.49. The Morgan fingerprint density at radius 3 is 2.48 bits per heavy atom. The molecule has 0 heterocycles. The van der Waals surface area contributed by atoms with Crippen LogP contribution in [0, 0.1) is 0 Å². The van der Waals surface area contributed by atoms with Crippen molar-refractivity contribution in [2.24, 2.45) is 0 Å². The normalized spacial score (nSPS) is 10.5. The highest BCUT2D eigenvalue weighted by molar-refractivity contribution is 6.32. The lowest BCUT2D eigenvalue weighted by Gasteiger charge is -2.10. The van der Waals surface area contributed by atoms with Crippen LogP contribution in [0.3, 0.4) is 0 Å². The fourth-order valence-electron chi connectivity index (χ4n) is 1.67. The van der Waals surface area contributed by atoms with Gasteiger partial charge in [0, 0.05) is 5.69 Å². The van der Waals surface area contributed by atoms with Gasteiger partial charge in [-0.25, -0.2) is 0 Å². The van der Waals surface area contributed by atoms with Gasteiger partial charge in [-0.05, 0) is 30.3 Å². The van der Waals surface area contributed by atoms with Crippen molar-refractivity contribution >= 4 is 34.8 Å². The Bertz CT molecular complexity index is 698. The third-order valence-electron chi connectivity index (χ3n) is 2.63. The van der Waals surface area contributed by atoms with Gasteiger partial charge in [0.2, 0.25) is 0 Å². The number of ether oxygens (including phenoxy) is 2. The standard InChI is InChI=1S/C15H11Cl2F2NO3/c16-10-3-1-2-4-12(10)22-8-14(21)20-9-5-6-13(11(17)7-9)23-15(18)19/h1-7,15H,8H2,(H,20,21). The van der Waals surface area contributed by atoms with Gasteiger partial charge in [0.15, 0.2) is 6.61 Å². The van der Waals surface area contributed by atoms with Crippen molar-refractivity contribution in [3.8, 4) is 11.5 Å². The second-order valence-electron chi connectivity index (χ2n) is 4.29. The summed E-state index contributed by atoms with van der Waals surface area (Å²) >= 11 is 11.7. The molecule has 0 aliphatic heterocycles. The van der Waals surface area contributed by atoms with Crippen molar-refractivity contribution in [1.82, 2.24) is 0 Å². The first kappa shape index (κ1) is 17.3. The predicted molar refractivity (Wildman–Crippen MR) is 83.7 cm³/mol. The molecule has 4 nitrogen and oxygen atoms in total. The molecule has 23 heavy (non-hydrogen) atoms. The minimum atomic E-state index is -2.98. The Kier molecular flexibility index (Phi) is 6.01. The van der Waals surface area contributed by atoms with E-state index in [2.05, 4.69) is 10.1 Å². The van der Waals surface area contributed by atoms with Gasteiger partial charge in [-0.2, -0.15) is 8.78 Å². The third kappa shape index (κ3) is 5.26. The summed E-state index contributed by atoms with van der Waals surface area (Å²) in [5.41, 5.74) is 0.323. The molecule has 2 aromatic carbocycles. The third-order valence-corrected chi connectivity index (χ3v) is 3.23. The topological polar surface area (TPSA) is 47.6 Å². The Morgan fingerprint density at radius 2 is 1.83 bits per heavy atom. The lowest BCUT2D eigenvalue weighted by molar-refractivity contribution is -0.118. The summed E-state index contributed by atoms with van der Waals surface area (Å²) in [7, 11) is 0. The largest absolute Gasteiger partial charge is 0.482 e. The fourth-order valence-corrected chi connectivity index (χ4v) is 2.09. The lowest BCUT2D eigenvalue weighted by Crippen LogP contribution is -2.20. The second kappa shape index (κ2) is 7.99. The first-order chi connectivity index (χ1) is 11.0. The van der Waals surface area contributed by atoms with E-state index < -0.39 is 12.5 Å². The summed E-state index contributed by atoms with van der Waals surface area (Å²) in [6.07, 6.45) is 0. The highest BCUT2D eigenvalue weighted by Crippen LogP contribution is 2.29. The molecule has 0 atom stereocenters. The SMILES string of the molecule is O=C(COc1ccccc1Cl)Nc1ccc(OC(F)F)c(Cl)c1. The predicted octanol–water partition coefficient (Wildman–Crippen LogP) is 4.61. The van der Waals surface area contributed by atoms with Crippen molar-refractivity contribution < 1.29 is 23.0 Å². The van der Waals surface area contributed by atoms with Gasteiger partial charge in [-0.1, -0.05) is 35.3 Å². The molecule has 0 bridgehead atoms. The molecule has 2 rings (SSSR count). The number of benzene rings is 2. The van der Waals surface area contributed by atoms with Crippen LogP contribution in [0.25, 0.3) is 0 Å². The van der Waals surface area contributed by atoms with Gasteiger partial charge >= 0.3 is 6.61 Å². The van der Waals surface area contributed by atoms with Crippen LogP contribution in [-0.4, -0.2) is 19.1 Å². The summed E-state index contributed by atoms with van der Waals surface area (Å²) in [5, 5.41) is 2.86. The molecule has 0 saturated heterocycles. The zero-order valence-electron chi connectivity index (χ0n) is 11.6. The Morgan fingerprint density at radius 1 is 1.09 bits per heavy atom. The van der Waals surface area contributed by atoms with E-state index in [9.17, 15) is 13.6 Å². The highest BCUT2D eigenvalue weighted by atomic mass is 35.5. The monoisotopic (exact) mass is 361 g/mol. The van der Waals surface area contributed by atoms with Crippen LogP contribution in [0.1, 0.15) is 0 Å². The molecular weight excluding hydrogens is 351 g/mol. The Hall–Kier alpha value is -2.05. The average molecular weight is 362 g/mol. The summed E-state index contributed by atoms with van der Waals surface area (Å²) in [4.78, 5) is 11.8. The number of hydrogen-bond donors (Lipinski definition) is 1. The van der Waals surface area contributed by atoms with Crippen molar-refractivity contribution in [3.05, 3.63) is 52.5 Å². The van der Waals surface area contributed by atoms with E-state index in [0.29, 0.717) is 16.5 Å². The first-order valence-corrected chi connectivity index (χ1v) is 7.13. The highest BCUT2D eigenvalue weighted by Gasteiger charge is 2.11. The molecule has 2 aromatic rings. The van der Waals surface area contributed by atoms with Crippen LogP contribution in [-0.2, 0) is 4.79 Å². The minimum absolute atomic E-state index is 0.0462. The van der Waals surface area contributed by atoms with Crippen molar-refractivity contribution in [3.63, 3.8) is 0 Å². The Labute approximate surface area is 140 Å². The quantitative estimate of drug-likeness (QED) is 0.816. The van der Waals surface area contributed by atoms with Gasteiger partial charge in [0.1, 0.15) is 11.5 Å². The number of nitrogens with one attached hydrogen (secondary N) is 1. The zero-order valence-corrected chi connectivity index (χ0v) is 13.1. The van der Waals surface area contributed by atoms with E-state index in [1.54, 1.807) is 24.3 Å². The van der Waals surface area contributed by atoms with Crippen molar-refractivity contribution in [2.75, 3.05) is 11.9 Å². The molecule has 122 valence electrons. The van der Waals surface area contributed by atoms with Gasteiger partial charge in [-0.15, -0.1) is 0 Å². The smallest absolute Gasteiger partial charge is 0.387 e. The summed E-state index contributed by atoms with van der Waals surface area (Å²) < 4.78 is 33.7. The number of para-hydroxylation sites is 1. The molecule has 0 spiro atoms. The minimum Gasteiger partial charge on any atom is -0.482 e. The van der Waals surface area contributed by atoms with Gasteiger partial charge < -0.3 is 14.8 Å². The van der Waals surface area contributed by atoms with Gasteiger partial charge in [0.25, 0.3) is 5.91 Å². The van der Waals surface area contributed by atoms with E-state index in [-0.39, 0.29) is 17.4 Å². The van der Waals surface area contributed by atoms with E-state index in [4.69, 9.17) is 27.9 Å². The number of alkyl halides is 2. The van der Waals surface area contributed by atoms with Crippen LogP contribution in [0.15, 0.2) is 42.5 Å². The number of rotatable bonds is 6. The maximum absolute atomic E-state index is 12.1. The Balaban J connectivity index is 1.93. The molecule has 1 amide bonds. The molecule has 8 heteroatoms. The maximum Gasteiger partial charge on any atom is 0.387 e. The van der Waals surface area contributed by atoms with E-state index in [1.165, 1.54) is 18.2 Å². The number of carbonyl (C=O) groups excluding carboxylic acids is 1. The van der Waals surface area contributed by atoms with E-state index >= 15 is 0 Å². The first-order valence-electron chi connectivity index (χ1n) is 6.37. The van der Waals surface area contributed by atoms with Gasteiger partial charge in [-0.3, -0.25) is 4.79 Å². The zero-order chi connectivity index (χ0) is 16.8. The molecule has 0 aliphatic carbocycles. The lowest BCUT2D eigenvalue weighted by atomic mass is 10.3. The fraction of sp³-hybridized carbons (Fsp3) is 0.133.